The van der Waals surface area contributed by atoms with Gasteiger partial charge in [-0.2, -0.15) is 13.1 Å². The summed E-state index contributed by atoms with van der Waals surface area (Å²) >= 11 is 3.29. The fourth-order valence-corrected chi connectivity index (χ4v) is 3.24. The SMILES string of the molecule is [2H]c1nc(NS(=O)(=O)NC([2H])([2H])C([2H])([2H])C)c(-c2ccc(Br)cc2)c(OCC([2H])([2H])Oc2ncc(C)cn2)n1. The summed E-state index contributed by atoms with van der Waals surface area (Å²) < 4.78 is 95.4. The van der Waals surface area contributed by atoms with Gasteiger partial charge >= 0.3 is 6.01 Å². The molecule has 0 saturated carbocycles. The minimum Gasteiger partial charge on any atom is -0.473 e. The number of hydrogen-bond donors (Lipinski definition) is 2. The number of aromatic nitrogens is 4. The molecule has 0 amide bonds. The summed E-state index contributed by atoms with van der Waals surface area (Å²) in [5.41, 5.74) is 0.921. The first kappa shape index (κ1) is 15.9. The second-order valence-corrected chi connectivity index (χ2v) is 8.35. The van der Waals surface area contributed by atoms with E-state index in [9.17, 15) is 8.42 Å². The fourth-order valence-electron chi connectivity index (χ4n) is 2.28. The van der Waals surface area contributed by atoms with Crippen LogP contribution in [0.15, 0.2) is 47.4 Å². The van der Waals surface area contributed by atoms with Crippen molar-refractivity contribution in [1.29, 1.82) is 0 Å². The Morgan fingerprint density at radius 2 is 1.84 bits per heavy atom. The van der Waals surface area contributed by atoms with Crippen LogP contribution in [0.1, 0.15) is 28.5 Å². The Morgan fingerprint density at radius 3 is 2.53 bits per heavy atom. The number of rotatable bonds is 11. The van der Waals surface area contributed by atoms with Crippen LogP contribution in [-0.4, -0.2) is 48.0 Å². The van der Waals surface area contributed by atoms with Gasteiger partial charge in [-0.25, -0.2) is 19.9 Å². The minimum atomic E-state index is -4.80. The van der Waals surface area contributed by atoms with Crippen molar-refractivity contribution in [3.63, 3.8) is 0 Å². The topological polar surface area (TPSA) is 128 Å². The van der Waals surface area contributed by atoms with Gasteiger partial charge in [0.2, 0.25) is 5.88 Å². The van der Waals surface area contributed by atoms with Gasteiger partial charge in [-0.3, -0.25) is 4.72 Å². The third-order valence-corrected chi connectivity index (χ3v) is 4.99. The fraction of sp³-hybridized carbons (Fsp3) is 0.300. The van der Waals surface area contributed by atoms with Crippen LogP contribution in [0.2, 0.25) is 0 Å². The summed E-state index contributed by atoms with van der Waals surface area (Å²) in [4.78, 5) is 15.4. The van der Waals surface area contributed by atoms with Crippen LogP contribution in [0.3, 0.4) is 0 Å². The standard InChI is InChI=1S/C20H23BrN6O4S/c1-3-8-26-32(28,29)27-18-17(15-4-6-16(21)7-5-15)19(25-13-24-18)30-9-10-31-20-22-11-14(2)12-23-20/h4-7,11-13,26H,3,8-10H2,1-2H3,(H,24,25,27)/i3D2,8D2,10D2,13D. The molecule has 2 heterocycles. The summed E-state index contributed by atoms with van der Waals surface area (Å²) in [6, 6.07) is 6.06. The number of ether oxygens (including phenoxy) is 2. The highest BCUT2D eigenvalue weighted by Crippen LogP contribution is 2.34. The Kier molecular flexibility index (Phi) is 5.54. The molecule has 0 saturated heterocycles. The van der Waals surface area contributed by atoms with Gasteiger partial charge < -0.3 is 9.47 Å². The molecule has 2 N–H and O–H groups in total. The molecule has 12 heteroatoms. The van der Waals surface area contributed by atoms with Gasteiger partial charge in [-0.15, -0.1) is 0 Å². The number of hydrogen-bond acceptors (Lipinski definition) is 8. The molecule has 170 valence electrons. The lowest BCUT2D eigenvalue weighted by Gasteiger charge is -2.15. The Balaban J connectivity index is 1.99. The third kappa shape index (κ3) is 6.84. The first-order chi connectivity index (χ1) is 17.9. The number of anilines is 1. The number of halogens is 1. The average molecular weight is 530 g/mol. The van der Waals surface area contributed by atoms with Crippen LogP contribution >= 0.6 is 15.9 Å². The van der Waals surface area contributed by atoms with E-state index >= 15 is 0 Å². The molecule has 10 nitrogen and oxygen atoms in total. The third-order valence-electron chi connectivity index (χ3n) is 3.63. The Hall–Kier alpha value is -2.83. The van der Waals surface area contributed by atoms with Crippen molar-refractivity contribution in [3.8, 4) is 23.0 Å². The second-order valence-electron chi connectivity index (χ2n) is 6.02. The summed E-state index contributed by atoms with van der Waals surface area (Å²) in [5, 5.41) is 0. The molecule has 2 aromatic heterocycles. The van der Waals surface area contributed by atoms with E-state index in [-0.39, 0.29) is 17.5 Å². The molecule has 3 aromatic rings. The quantitative estimate of drug-likeness (QED) is 0.387. The molecule has 0 aliphatic heterocycles. The zero-order chi connectivity index (χ0) is 29.2. The summed E-state index contributed by atoms with van der Waals surface area (Å²) in [6.45, 7) is -3.68. The molecule has 3 rings (SSSR count). The number of aryl methyl sites for hydroxylation is 1. The van der Waals surface area contributed by atoms with Gasteiger partial charge in [0.1, 0.15) is 20.8 Å². The van der Waals surface area contributed by atoms with E-state index < -0.39 is 48.4 Å². The van der Waals surface area contributed by atoms with Crippen molar-refractivity contribution >= 4 is 32.0 Å². The monoisotopic (exact) mass is 529 g/mol. The van der Waals surface area contributed by atoms with E-state index in [0.717, 1.165) is 12.5 Å². The highest BCUT2D eigenvalue weighted by molar-refractivity contribution is 9.10. The Bertz CT molecular complexity index is 1430. The summed E-state index contributed by atoms with van der Waals surface area (Å²) in [5.74, 6) is -0.892. The van der Waals surface area contributed by atoms with Crippen molar-refractivity contribution < 1.29 is 27.5 Å². The highest BCUT2D eigenvalue weighted by Gasteiger charge is 2.19. The predicted molar refractivity (Wildman–Crippen MR) is 124 cm³/mol. The van der Waals surface area contributed by atoms with E-state index in [1.54, 1.807) is 35.9 Å². The van der Waals surface area contributed by atoms with Crippen LogP contribution < -0.4 is 18.9 Å². The Labute approximate surface area is 205 Å². The van der Waals surface area contributed by atoms with Crippen LogP contribution in [0.5, 0.6) is 11.9 Å². The van der Waals surface area contributed by atoms with Crippen molar-refractivity contribution in [3.05, 3.63) is 53.0 Å². The molecule has 0 spiro atoms. The lowest BCUT2D eigenvalue weighted by molar-refractivity contribution is 0.202. The van der Waals surface area contributed by atoms with E-state index in [4.69, 9.17) is 19.1 Å². The van der Waals surface area contributed by atoms with Crippen molar-refractivity contribution in [2.24, 2.45) is 0 Å². The second kappa shape index (κ2) is 11.2. The zero-order valence-corrected chi connectivity index (χ0v) is 19.3. The number of benzene rings is 1. The van der Waals surface area contributed by atoms with Crippen LogP contribution in [0, 0.1) is 6.92 Å². The van der Waals surface area contributed by atoms with Gasteiger partial charge in [0, 0.05) is 28.8 Å². The van der Waals surface area contributed by atoms with Crippen molar-refractivity contribution in [1.82, 2.24) is 24.7 Å². The first-order valence-corrected chi connectivity index (χ1v) is 11.2. The normalized spacial score (nSPS) is 15.8. The van der Waals surface area contributed by atoms with Crippen LogP contribution in [0.25, 0.3) is 11.1 Å². The molecule has 0 radical (unpaired) electrons. The lowest BCUT2D eigenvalue weighted by atomic mass is 10.1. The smallest absolute Gasteiger partial charge is 0.316 e. The van der Waals surface area contributed by atoms with E-state index in [2.05, 4.69) is 35.9 Å². The van der Waals surface area contributed by atoms with Gasteiger partial charge in [0.25, 0.3) is 10.2 Å². The molecule has 0 bridgehead atoms. The van der Waals surface area contributed by atoms with E-state index in [0.29, 0.717) is 10.0 Å². The number of nitrogens with zero attached hydrogens (tertiary/aromatic N) is 4. The summed E-state index contributed by atoms with van der Waals surface area (Å²) in [7, 11) is -4.80. The minimum absolute atomic E-state index is 0.105. The molecular weight excluding hydrogens is 500 g/mol. The molecule has 0 aliphatic carbocycles. The highest BCUT2D eigenvalue weighted by atomic mass is 79.9. The number of nitrogens with one attached hydrogen (secondary N) is 2. The molecular formula is C20H23BrN6O4S. The van der Waals surface area contributed by atoms with E-state index in [1.165, 1.54) is 12.4 Å². The lowest BCUT2D eigenvalue weighted by Crippen LogP contribution is -2.31. The molecule has 0 aliphatic rings. The zero-order valence-electron chi connectivity index (χ0n) is 23.9. The molecule has 0 unspecified atom stereocenters. The molecule has 0 atom stereocenters. The van der Waals surface area contributed by atoms with Gasteiger partial charge in [0.05, 0.1) is 8.30 Å². The molecule has 32 heavy (non-hydrogen) atoms. The van der Waals surface area contributed by atoms with E-state index in [1.807, 2.05) is 4.72 Å². The van der Waals surface area contributed by atoms with Crippen LogP contribution in [-0.2, 0) is 10.2 Å². The van der Waals surface area contributed by atoms with Crippen molar-refractivity contribution in [2.45, 2.75) is 20.2 Å². The Morgan fingerprint density at radius 1 is 1.12 bits per heavy atom. The predicted octanol–water partition coefficient (Wildman–Crippen LogP) is 3.12. The molecule has 1 aromatic carbocycles. The maximum absolute atomic E-state index is 12.8. The first-order valence-electron chi connectivity index (χ1n) is 12.4. The largest absolute Gasteiger partial charge is 0.473 e. The molecule has 0 fully saturated rings. The van der Waals surface area contributed by atoms with Gasteiger partial charge in [-0.1, -0.05) is 35.0 Å². The van der Waals surface area contributed by atoms with Crippen molar-refractivity contribution in [2.75, 3.05) is 24.4 Å². The average Bonchev–Trinajstić information content (AvgIpc) is 2.78. The van der Waals surface area contributed by atoms with Gasteiger partial charge in [-0.05, 0) is 36.6 Å². The maximum atomic E-state index is 12.8. The van der Waals surface area contributed by atoms with Crippen LogP contribution in [0.4, 0.5) is 5.82 Å². The maximum Gasteiger partial charge on any atom is 0.316 e. The van der Waals surface area contributed by atoms with Gasteiger partial charge in [0.15, 0.2) is 5.82 Å². The summed E-state index contributed by atoms with van der Waals surface area (Å²) in [6.07, 6.45) is -0.439.